The second kappa shape index (κ2) is 7.61. The highest BCUT2D eigenvalue weighted by molar-refractivity contribution is 8.00. The van der Waals surface area contributed by atoms with Crippen LogP contribution in [0.15, 0.2) is 24.3 Å². The van der Waals surface area contributed by atoms with Crippen LogP contribution in [0.3, 0.4) is 0 Å². The highest BCUT2D eigenvalue weighted by atomic mass is 32.2. The lowest BCUT2D eigenvalue weighted by Gasteiger charge is -2.31. The van der Waals surface area contributed by atoms with Crippen LogP contribution in [0.4, 0.5) is 4.39 Å². The highest BCUT2D eigenvalue weighted by Crippen LogP contribution is 2.23. The van der Waals surface area contributed by atoms with Gasteiger partial charge < -0.3 is 5.11 Å². The summed E-state index contributed by atoms with van der Waals surface area (Å²) >= 11 is 2.02. The van der Waals surface area contributed by atoms with Crippen molar-refractivity contribution in [2.24, 2.45) is 0 Å². The van der Waals surface area contributed by atoms with E-state index in [4.69, 9.17) is 5.11 Å². The van der Waals surface area contributed by atoms with Crippen LogP contribution in [-0.2, 0) is 11.3 Å². The largest absolute Gasteiger partial charge is 0.478 e. The number of hydrogen-bond acceptors (Lipinski definition) is 3. The number of carboxylic acids is 1. The Labute approximate surface area is 128 Å². The van der Waals surface area contributed by atoms with E-state index in [0.717, 1.165) is 43.4 Å². The van der Waals surface area contributed by atoms with E-state index >= 15 is 0 Å². The Balaban J connectivity index is 2.06. The first kappa shape index (κ1) is 16.0. The van der Waals surface area contributed by atoms with E-state index in [9.17, 15) is 9.18 Å². The van der Waals surface area contributed by atoms with E-state index in [1.165, 1.54) is 12.1 Å². The number of rotatable bonds is 5. The highest BCUT2D eigenvalue weighted by Gasteiger charge is 2.19. The Hall–Kier alpha value is -1.33. The quantitative estimate of drug-likeness (QED) is 0.848. The van der Waals surface area contributed by atoms with E-state index in [2.05, 4.69) is 11.8 Å². The number of benzene rings is 1. The Kier molecular flexibility index (Phi) is 5.82. The summed E-state index contributed by atoms with van der Waals surface area (Å²) in [6.07, 6.45) is 3.44. The molecular formula is C16H20FNO2S. The lowest BCUT2D eigenvalue weighted by atomic mass is 10.1. The smallest absolute Gasteiger partial charge is 0.328 e. The Morgan fingerprint density at radius 3 is 3.10 bits per heavy atom. The van der Waals surface area contributed by atoms with Gasteiger partial charge in [0.1, 0.15) is 5.82 Å². The summed E-state index contributed by atoms with van der Waals surface area (Å²) in [6, 6.07) is 4.92. The van der Waals surface area contributed by atoms with E-state index in [-0.39, 0.29) is 0 Å². The van der Waals surface area contributed by atoms with Crippen LogP contribution in [0.2, 0.25) is 0 Å². The van der Waals surface area contributed by atoms with Crippen molar-refractivity contribution < 1.29 is 14.3 Å². The zero-order valence-corrected chi connectivity index (χ0v) is 12.9. The van der Waals surface area contributed by atoms with Crippen molar-refractivity contribution in [3.63, 3.8) is 0 Å². The molecule has 3 nitrogen and oxygen atoms in total. The molecule has 1 heterocycles. The minimum absolute atomic E-state index is 0.327. The van der Waals surface area contributed by atoms with Crippen LogP contribution in [-0.4, -0.2) is 40.1 Å². The first-order valence-electron chi connectivity index (χ1n) is 7.12. The fourth-order valence-corrected chi connectivity index (χ4v) is 3.66. The van der Waals surface area contributed by atoms with Gasteiger partial charge in [-0.3, -0.25) is 4.90 Å². The van der Waals surface area contributed by atoms with Gasteiger partial charge in [-0.1, -0.05) is 13.0 Å². The summed E-state index contributed by atoms with van der Waals surface area (Å²) < 4.78 is 13.7. The van der Waals surface area contributed by atoms with Crippen molar-refractivity contribution in [3.8, 4) is 0 Å². The molecule has 5 heteroatoms. The van der Waals surface area contributed by atoms with Crippen LogP contribution in [0, 0.1) is 5.82 Å². The van der Waals surface area contributed by atoms with Crippen molar-refractivity contribution in [1.82, 2.24) is 4.90 Å². The standard InChI is InChI=1S/C16H20FNO2S/c1-2-14-11-18(7-8-21-14)10-12-3-5-15(17)13(9-12)4-6-16(19)20/h3-6,9,14H,2,7-8,10-11H2,1H3,(H,19,20)/b6-4+. The van der Waals surface area contributed by atoms with Crippen LogP contribution in [0.25, 0.3) is 6.08 Å². The predicted octanol–water partition coefficient (Wildman–Crippen LogP) is 3.25. The molecule has 0 radical (unpaired) electrons. The molecule has 0 aliphatic carbocycles. The summed E-state index contributed by atoms with van der Waals surface area (Å²) in [4.78, 5) is 12.9. The van der Waals surface area contributed by atoms with Gasteiger partial charge in [-0.2, -0.15) is 11.8 Å². The van der Waals surface area contributed by atoms with Gasteiger partial charge in [-0.15, -0.1) is 0 Å². The first-order chi connectivity index (χ1) is 10.1. The average molecular weight is 309 g/mol. The molecular weight excluding hydrogens is 289 g/mol. The fourth-order valence-electron chi connectivity index (χ4n) is 2.41. The molecule has 1 unspecified atom stereocenters. The molecule has 0 amide bonds. The summed E-state index contributed by atoms with van der Waals surface area (Å²) in [5, 5.41) is 9.30. The minimum Gasteiger partial charge on any atom is -0.478 e. The molecule has 1 aromatic rings. The third-order valence-corrected chi connectivity index (χ3v) is 4.92. The fraction of sp³-hybridized carbons (Fsp3) is 0.438. The molecule has 1 fully saturated rings. The van der Waals surface area contributed by atoms with Crippen LogP contribution in [0.5, 0.6) is 0 Å². The van der Waals surface area contributed by atoms with Gasteiger partial charge in [0.2, 0.25) is 0 Å². The number of halogens is 1. The van der Waals surface area contributed by atoms with Gasteiger partial charge in [-0.25, -0.2) is 9.18 Å². The van der Waals surface area contributed by atoms with Gasteiger partial charge in [0, 0.05) is 42.3 Å². The molecule has 1 N–H and O–H groups in total. The molecule has 1 aromatic carbocycles. The van der Waals surface area contributed by atoms with Crippen LogP contribution < -0.4 is 0 Å². The van der Waals surface area contributed by atoms with Gasteiger partial charge in [0.05, 0.1) is 0 Å². The monoisotopic (exact) mass is 309 g/mol. The van der Waals surface area contributed by atoms with Gasteiger partial charge in [0.15, 0.2) is 0 Å². The molecule has 114 valence electrons. The molecule has 0 saturated carbocycles. The van der Waals surface area contributed by atoms with E-state index in [0.29, 0.717) is 10.8 Å². The number of hydrogen-bond donors (Lipinski definition) is 1. The molecule has 0 bridgehead atoms. The maximum Gasteiger partial charge on any atom is 0.328 e. The van der Waals surface area contributed by atoms with Gasteiger partial charge in [-0.05, 0) is 30.2 Å². The van der Waals surface area contributed by atoms with Gasteiger partial charge in [0.25, 0.3) is 0 Å². The SMILES string of the molecule is CCC1CN(Cc2ccc(F)c(/C=C/C(=O)O)c2)CCS1. The normalized spacial score (nSPS) is 20.0. The molecule has 21 heavy (non-hydrogen) atoms. The summed E-state index contributed by atoms with van der Waals surface area (Å²) in [7, 11) is 0. The maximum atomic E-state index is 13.7. The van der Waals surface area contributed by atoms with Crippen LogP contribution >= 0.6 is 11.8 Å². The lowest BCUT2D eigenvalue weighted by Crippen LogP contribution is -2.37. The van der Waals surface area contributed by atoms with Crippen molar-refractivity contribution in [3.05, 3.63) is 41.2 Å². The van der Waals surface area contributed by atoms with Crippen molar-refractivity contribution >= 4 is 23.8 Å². The first-order valence-corrected chi connectivity index (χ1v) is 8.16. The molecule has 0 spiro atoms. The van der Waals surface area contributed by atoms with E-state index in [1.54, 1.807) is 12.1 Å². The van der Waals surface area contributed by atoms with Crippen molar-refractivity contribution in [2.45, 2.75) is 25.1 Å². The third-order valence-electron chi connectivity index (χ3n) is 3.55. The number of thioether (sulfide) groups is 1. The molecule has 1 atom stereocenters. The summed E-state index contributed by atoms with van der Waals surface area (Å²) in [5.74, 6) is -0.332. The van der Waals surface area contributed by atoms with Crippen molar-refractivity contribution in [2.75, 3.05) is 18.8 Å². The summed E-state index contributed by atoms with van der Waals surface area (Å²) in [5.41, 5.74) is 1.34. The predicted molar refractivity (Wildman–Crippen MR) is 84.9 cm³/mol. The van der Waals surface area contributed by atoms with E-state index < -0.39 is 11.8 Å². The molecule has 0 aromatic heterocycles. The Morgan fingerprint density at radius 2 is 2.38 bits per heavy atom. The summed E-state index contributed by atoms with van der Waals surface area (Å²) in [6.45, 7) is 5.08. The Morgan fingerprint density at radius 1 is 1.57 bits per heavy atom. The molecule has 2 rings (SSSR count). The number of nitrogens with zero attached hydrogens (tertiary/aromatic N) is 1. The lowest BCUT2D eigenvalue weighted by molar-refractivity contribution is -0.131. The van der Waals surface area contributed by atoms with Crippen molar-refractivity contribution in [1.29, 1.82) is 0 Å². The minimum atomic E-state index is -1.07. The second-order valence-electron chi connectivity index (χ2n) is 5.16. The maximum absolute atomic E-state index is 13.7. The van der Waals surface area contributed by atoms with Crippen LogP contribution in [0.1, 0.15) is 24.5 Å². The molecule has 1 aliphatic heterocycles. The molecule has 1 saturated heterocycles. The van der Waals surface area contributed by atoms with E-state index in [1.807, 2.05) is 11.8 Å². The Bertz CT molecular complexity index is 533. The number of carbonyl (C=O) groups is 1. The zero-order valence-electron chi connectivity index (χ0n) is 12.1. The molecule has 1 aliphatic rings. The topological polar surface area (TPSA) is 40.5 Å². The average Bonchev–Trinajstić information content (AvgIpc) is 2.48. The number of aliphatic carboxylic acids is 1. The zero-order chi connectivity index (χ0) is 15.2. The second-order valence-corrected chi connectivity index (χ2v) is 6.57. The third kappa shape index (κ3) is 4.86. The number of carboxylic acid groups (broad SMARTS) is 1. The van der Waals surface area contributed by atoms with Gasteiger partial charge >= 0.3 is 5.97 Å².